The molecule has 21 heavy (non-hydrogen) atoms. The van der Waals surface area contributed by atoms with Crippen LogP contribution in [0.25, 0.3) is 0 Å². The van der Waals surface area contributed by atoms with Gasteiger partial charge in [0.2, 0.25) is 5.91 Å². The molecule has 0 spiro atoms. The Morgan fingerprint density at radius 2 is 2.10 bits per heavy atom. The summed E-state index contributed by atoms with van der Waals surface area (Å²) in [7, 11) is 2.11. The van der Waals surface area contributed by atoms with Crippen LogP contribution in [0.4, 0.5) is 0 Å². The molecule has 1 aromatic carbocycles. The van der Waals surface area contributed by atoms with Gasteiger partial charge >= 0.3 is 0 Å². The highest BCUT2D eigenvalue weighted by Gasteiger charge is 2.22. The van der Waals surface area contributed by atoms with Crippen LogP contribution in [0.2, 0.25) is 0 Å². The van der Waals surface area contributed by atoms with E-state index in [1.54, 1.807) is 0 Å². The van der Waals surface area contributed by atoms with E-state index in [0.29, 0.717) is 6.54 Å². The average Bonchev–Trinajstić information content (AvgIpc) is 2.45. The minimum absolute atomic E-state index is 0.161. The Hall–Kier alpha value is -1.55. The molecule has 0 radical (unpaired) electrons. The summed E-state index contributed by atoms with van der Waals surface area (Å²) in [4.78, 5) is 14.5. The summed E-state index contributed by atoms with van der Waals surface area (Å²) in [6.07, 6.45) is 2.08. The maximum absolute atomic E-state index is 12.2. The van der Waals surface area contributed by atoms with E-state index in [0.717, 1.165) is 37.2 Å². The lowest BCUT2D eigenvalue weighted by molar-refractivity contribution is -0.126. The van der Waals surface area contributed by atoms with E-state index in [9.17, 15) is 4.79 Å². The van der Waals surface area contributed by atoms with E-state index >= 15 is 0 Å². The van der Waals surface area contributed by atoms with Gasteiger partial charge < -0.3 is 15.0 Å². The van der Waals surface area contributed by atoms with Gasteiger partial charge in [-0.1, -0.05) is 12.1 Å². The molecular formula is C17H26N2O2. The number of ether oxygens (including phenoxy) is 1. The van der Waals surface area contributed by atoms with Crippen molar-refractivity contribution in [1.29, 1.82) is 0 Å². The predicted octanol–water partition coefficient (Wildman–Crippen LogP) is 2.43. The van der Waals surface area contributed by atoms with Crippen molar-refractivity contribution in [3.8, 4) is 5.75 Å². The van der Waals surface area contributed by atoms with Gasteiger partial charge in [-0.05, 0) is 64.5 Å². The molecule has 1 aromatic rings. The highest BCUT2D eigenvalue weighted by Crippen LogP contribution is 2.17. The molecule has 1 aliphatic heterocycles. The van der Waals surface area contributed by atoms with Gasteiger partial charge in [0.05, 0.1) is 6.10 Å². The SMILES string of the molecule is CC(C)Oc1cccc(CNC(=O)C2CCN(C)CC2)c1. The van der Waals surface area contributed by atoms with Crippen molar-refractivity contribution in [2.45, 2.75) is 39.3 Å². The fourth-order valence-corrected chi connectivity index (χ4v) is 2.61. The largest absolute Gasteiger partial charge is 0.491 e. The summed E-state index contributed by atoms with van der Waals surface area (Å²) in [5, 5.41) is 3.05. The molecule has 1 N–H and O–H groups in total. The average molecular weight is 290 g/mol. The van der Waals surface area contributed by atoms with E-state index in [2.05, 4.69) is 17.3 Å². The minimum atomic E-state index is 0.161. The monoisotopic (exact) mass is 290 g/mol. The third-order valence-corrected chi connectivity index (χ3v) is 3.83. The highest BCUT2D eigenvalue weighted by molar-refractivity contribution is 5.78. The second-order valence-corrected chi connectivity index (χ2v) is 6.11. The normalized spacial score (nSPS) is 17.0. The molecule has 1 amide bonds. The number of nitrogens with zero attached hydrogens (tertiary/aromatic N) is 1. The molecule has 0 bridgehead atoms. The molecule has 1 saturated heterocycles. The van der Waals surface area contributed by atoms with Crippen LogP contribution >= 0.6 is 0 Å². The zero-order valence-corrected chi connectivity index (χ0v) is 13.3. The third kappa shape index (κ3) is 5.05. The molecule has 4 heteroatoms. The maximum Gasteiger partial charge on any atom is 0.223 e. The first-order chi connectivity index (χ1) is 10.0. The third-order valence-electron chi connectivity index (χ3n) is 3.83. The summed E-state index contributed by atoms with van der Waals surface area (Å²) in [6.45, 7) is 6.61. The van der Waals surface area contributed by atoms with E-state index in [1.807, 2.05) is 38.1 Å². The number of carbonyl (C=O) groups excluding carboxylic acids is 1. The Kier molecular flexibility index (Phi) is 5.62. The summed E-state index contributed by atoms with van der Waals surface area (Å²) in [5.74, 6) is 1.20. The molecular weight excluding hydrogens is 264 g/mol. The van der Waals surface area contributed by atoms with Crippen molar-refractivity contribution in [3.63, 3.8) is 0 Å². The van der Waals surface area contributed by atoms with Gasteiger partial charge in [-0.2, -0.15) is 0 Å². The number of nitrogens with one attached hydrogen (secondary N) is 1. The van der Waals surface area contributed by atoms with E-state index < -0.39 is 0 Å². The zero-order valence-electron chi connectivity index (χ0n) is 13.3. The van der Waals surface area contributed by atoms with Crippen LogP contribution in [-0.4, -0.2) is 37.0 Å². The van der Waals surface area contributed by atoms with Gasteiger partial charge in [0.25, 0.3) is 0 Å². The van der Waals surface area contributed by atoms with Crippen molar-refractivity contribution in [2.75, 3.05) is 20.1 Å². The number of hydrogen-bond acceptors (Lipinski definition) is 3. The maximum atomic E-state index is 12.2. The number of hydrogen-bond donors (Lipinski definition) is 1. The minimum Gasteiger partial charge on any atom is -0.491 e. The molecule has 116 valence electrons. The van der Waals surface area contributed by atoms with E-state index in [4.69, 9.17) is 4.74 Å². The van der Waals surface area contributed by atoms with Gasteiger partial charge in [0, 0.05) is 12.5 Å². The molecule has 1 heterocycles. The first-order valence-electron chi connectivity index (χ1n) is 7.76. The van der Waals surface area contributed by atoms with Crippen molar-refractivity contribution in [2.24, 2.45) is 5.92 Å². The Bertz CT molecular complexity index is 466. The number of rotatable bonds is 5. The second-order valence-electron chi connectivity index (χ2n) is 6.11. The van der Waals surface area contributed by atoms with Crippen LogP contribution in [0.5, 0.6) is 5.75 Å². The second kappa shape index (κ2) is 7.46. The Morgan fingerprint density at radius 1 is 1.38 bits per heavy atom. The smallest absolute Gasteiger partial charge is 0.223 e. The van der Waals surface area contributed by atoms with Crippen LogP contribution in [0.1, 0.15) is 32.3 Å². The molecule has 2 rings (SSSR count). The molecule has 4 nitrogen and oxygen atoms in total. The van der Waals surface area contributed by atoms with Crippen molar-refractivity contribution >= 4 is 5.91 Å². The fraction of sp³-hybridized carbons (Fsp3) is 0.588. The van der Waals surface area contributed by atoms with Gasteiger partial charge in [-0.3, -0.25) is 4.79 Å². The lowest BCUT2D eigenvalue weighted by atomic mass is 9.96. The van der Waals surface area contributed by atoms with Crippen molar-refractivity contribution in [1.82, 2.24) is 10.2 Å². The number of carbonyl (C=O) groups is 1. The van der Waals surface area contributed by atoms with Crippen LogP contribution in [-0.2, 0) is 11.3 Å². The topological polar surface area (TPSA) is 41.6 Å². The summed E-state index contributed by atoms with van der Waals surface area (Å²) < 4.78 is 5.67. The predicted molar refractivity (Wildman–Crippen MR) is 84.3 cm³/mol. The van der Waals surface area contributed by atoms with Gasteiger partial charge in [0.15, 0.2) is 0 Å². The number of benzene rings is 1. The Morgan fingerprint density at radius 3 is 2.76 bits per heavy atom. The molecule has 0 unspecified atom stereocenters. The van der Waals surface area contributed by atoms with Gasteiger partial charge in [0.1, 0.15) is 5.75 Å². The molecule has 1 aliphatic rings. The lowest BCUT2D eigenvalue weighted by Gasteiger charge is -2.28. The quantitative estimate of drug-likeness (QED) is 0.905. The van der Waals surface area contributed by atoms with E-state index in [1.165, 1.54) is 0 Å². The summed E-state index contributed by atoms with van der Waals surface area (Å²) in [5.41, 5.74) is 1.08. The van der Waals surface area contributed by atoms with Crippen molar-refractivity contribution in [3.05, 3.63) is 29.8 Å². The number of amides is 1. The van der Waals surface area contributed by atoms with Gasteiger partial charge in [-0.25, -0.2) is 0 Å². The zero-order chi connectivity index (χ0) is 15.2. The summed E-state index contributed by atoms with van der Waals surface area (Å²) in [6, 6.07) is 7.92. The van der Waals surface area contributed by atoms with Crippen molar-refractivity contribution < 1.29 is 9.53 Å². The lowest BCUT2D eigenvalue weighted by Crippen LogP contribution is -2.38. The highest BCUT2D eigenvalue weighted by atomic mass is 16.5. The number of piperidine rings is 1. The standard InChI is InChI=1S/C17H26N2O2/c1-13(2)21-16-6-4-5-14(11-16)12-18-17(20)15-7-9-19(3)10-8-15/h4-6,11,13,15H,7-10,12H2,1-3H3,(H,18,20). The molecule has 0 saturated carbocycles. The Balaban J connectivity index is 1.83. The first-order valence-corrected chi connectivity index (χ1v) is 7.76. The number of likely N-dealkylation sites (tertiary alicyclic amines) is 1. The van der Waals surface area contributed by atoms with Crippen LogP contribution in [0, 0.1) is 5.92 Å². The Labute approximate surface area is 127 Å². The fourth-order valence-electron chi connectivity index (χ4n) is 2.61. The van der Waals surface area contributed by atoms with Gasteiger partial charge in [-0.15, -0.1) is 0 Å². The van der Waals surface area contributed by atoms with Crippen LogP contribution in [0.15, 0.2) is 24.3 Å². The summed E-state index contributed by atoms with van der Waals surface area (Å²) >= 11 is 0. The van der Waals surface area contributed by atoms with Crippen LogP contribution in [0.3, 0.4) is 0 Å². The molecule has 0 aromatic heterocycles. The van der Waals surface area contributed by atoms with E-state index in [-0.39, 0.29) is 17.9 Å². The molecule has 1 fully saturated rings. The molecule has 0 aliphatic carbocycles. The molecule has 0 atom stereocenters. The van der Waals surface area contributed by atoms with Crippen LogP contribution < -0.4 is 10.1 Å². The first kappa shape index (κ1) is 15.8.